The average Bonchev–Trinajstić information content (AvgIpc) is 3.06. The van der Waals surface area contributed by atoms with Gasteiger partial charge in [-0.1, -0.05) is 88.2 Å². The zero-order valence-corrected chi connectivity index (χ0v) is 23.2. The Kier molecular flexibility index (Phi) is 7.87. The number of nitrogens with zero attached hydrogens (tertiary/aromatic N) is 1. The van der Waals surface area contributed by atoms with E-state index in [4.69, 9.17) is 4.74 Å². The van der Waals surface area contributed by atoms with Gasteiger partial charge in [0.2, 0.25) is 5.91 Å². The largest absolute Gasteiger partial charge is 0.489 e. The summed E-state index contributed by atoms with van der Waals surface area (Å²) in [6, 6.07) is 25.3. The first kappa shape index (κ1) is 26.7. The van der Waals surface area contributed by atoms with Gasteiger partial charge in [0.25, 0.3) is 0 Å². The van der Waals surface area contributed by atoms with Gasteiger partial charge in [0.1, 0.15) is 12.4 Å². The van der Waals surface area contributed by atoms with Gasteiger partial charge in [-0.2, -0.15) is 0 Å². The summed E-state index contributed by atoms with van der Waals surface area (Å²) in [5.41, 5.74) is 5.06. The maximum absolute atomic E-state index is 14.0. The molecule has 0 saturated carbocycles. The fraction of sp³-hybridized carbons (Fsp3) is 0.353. The monoisotopic (exact) mass is 522 g/mol. The smallest absolute Gasteiger partial charge is 0.227 e. The number of para-hydroxylation sites is 2. The SMILES string of the molecule is CCCCCC(=O)N1c2ccccc2NC2=C(C(=O)CC(C)(C)C2)[C@H]1c1cccc(OCc2ccccc2)c1. The zero-order chi connectivity index (χ0) is 27.4. The summed E-state index contributed by atoms with van der Waals surface area (Å²) in [5, 5.41) is 3.59. The highest BCUT2D eigenvalue weighted by atomic mass is 16.5. The molecule has 0 radical (unpaired) electrons. The third-order valence-corrected chi connectivity index (χ3v) is 7.59. The molecule has 0 aromatic heterocycles. The first-order valence-electron chi connectivity index (χ1n) is 14.1. The van der Waals surface area contributed by atoms with Crippen molar-refractivity contribution in [1.82, 2.24) is 0 Å². The molecule has 0 fully saturated rings. The van der Waals surface area contributed by atoms with Crippen LogP contribution in [-0.2, 0) is 16.2 Å². The van der Waals surface area contributed by atoms with Crippen molar-refractivity contribution in [3.05, 3.63) is 101 Å². The molecule has 1 aliphatic heterocycles. The minimum atomic E-state index is -0.533. The first-order valence-corrected chi connectivity index (χ1v) is 14.1. The van der Waals surface area contributed by atoms with Crippen LogP contribution in [0.3, 0.4) is 0 Å². The molecular weight excluding hydrogens is 484 g/mol. The lowest BCUT2D eigenvalue weighted by Gasteiger charge is -2.37. The minimum Gasteiger partial charge on any atom is -0.489 e. The Morgan fingerprint density at radius 2 is 1.74 bits per heavy atom. The van der Waals surface area contributed by atoms with E-state index in [-0.39, 0.29) is 17.1 Å². The molecule has 1 aliphatic carbocycles. The van der Waals surface area contributed by atoms with Crippen molar-refractivity contribution in [3.8, 4) is 5.75 Å². The van der Waals surface area contributed by atoms with Crippen LogP contribution in [0.25, 0.3) is 0 Å². The molecular formula is C34H38N2O3. The number of allylic oxidation sites excluding steroid dienone is 1. The standard InChI is InChI=1S/C34H38N2O3/c1-4-5-7-19-31(38)36-29-18-11-10-17-27(29)35-28-21-34(2,3)22-30(37)32(28)33(36)25-15-12-16-26(20-25)39-23-24-13-8-6-9-14-24/h6,8-18,20,33,35H,4-5,7,19,21-23H2,1-3H3/t33-/m1/s1. The molecule has 3 aromatic rings. The lowest BCUT2D eigenvalue weighted by atomic mass is 9.73. The third kappa shape index (κ3) is 5.93. The number of Topliss-reactive ketones (excluding diaryl/α,β-unsaturated/α-hetero) is 1. The number of hydrogen-bond donors (Lipinski definition) is 1. The van der Waals surface area contributed by atoms with E-state index < -0.39 is 6.04 Å². The maximum Gasteiger partial charge on any atom is 0.227 e. The predicted octanol–water partition coefficient (Wildman–Crippen LogP) is 7.99. The van der Waals surface area contributed by atoms with Gasteiger partial charge in [-0.05, 0) is 53.6 Å². The number of rotatable bonds is 8. The Labute approximate surface area is 231 Å². The molecule has 1 N–H and O–H groups in total. The van der Waals surface area contributed by atoms with Crippen LogP contribution in [0.5, 0.6) is 5.75 Å². The van der Waals surface area contributed by atoms with Gasteiger partial charge in [-0.3, -0.25) is 14.5 Å². The van der Waals surface area contributed by atoms with E-state index in [1.165, 1.54) is 0 Å². The van der Waals surface area contributed by atoms with Crippen LogP contribution in [0.15, 0.2) is 90.1 Å². The van der Waals surface area contributed by atoms with Crippen molar-refractivity contribution in [2.24, 2.45) is 5.41 Å². The number of hydrogen-bond acceptors (Lipinski definition) is 4. The molecule has 0 spiro atoms. The number of carbonyl (C=O) groups is 2. The molecule has 5 nitrogen and oxygen atoms in total. The van der Waals surface area contributed by atoms with E-state index in [2.05, 4.69) is 26.1 Å². The van der Waals surface area contributed by atoms with Crippen molar-refractivity contribution in [1.29, 1.82) is 0 Å². The topological polar surface area (TPSA) is 58.6 Å². The molecule has 1 heterocycles. The number of ketones is 1. The second-order valence-corrected chi connectivity index (χ2v) is 11.4. The van der Waals surface area contributed by atoms with Crippen LogP contribution in [-0.4, -0.2) is 11.7 Å². The number of anilines is 2. The van der Waals surface area contributed by atoms with Gasteiger partial charge in [0, 0.05) is 24.1 Å². The molecule has 0 unspecified atom stereocenters. The van der Waals surface area contributed by atoms with Crippen LogP contribution in [0.2, 0.25) is 0 Å². The Morgan fingerprint density at radius 3 is 2.54 bits per heavy atom. The van der Waals surface area contributed by atoms with Crippen LogP contribution in [0, 0.1) is 5.41 Å². The Hall–Kier alpha value is -3.86. The van der Waals surface area contributed by atoms with Gasteiger partial charge in [0.05, 0.1) is 17.4 Å². The Balaban J connectivity index is 1.61. The number of benzene rings is 3. The molecule has 3 aromatic carbocycles. The van der Waals surface area contributed by atoms with Crippen molar-refractivity contribution < 1.29 is 14.3 Å². The number of fused-ring (bicyclic) bond motifs is 1. The van der Waals surface area contributed by atoms with Crippen molar-refractivity contribution in [3.63, 3.8) is 0 Å². The van der Waals surface area contributed by atoms with Gasteiger partial charge in [-0.25, -0.2) is 0 Å². The van der Waals surface area contributed by atoms with Gasteiger partial charge in [0.15, 0.2) is 5.78 Å². The third-order valence-electron chi connectivity index (χ3n) is 7.59. The lowest BCUT2D eigenvalue weighted by molar-refractivity contribution is -0.119. The second kappa shape index (κ2) is 11.5. The maximum atomic E-state index is 14.0. The van der Waals surface area contributed by atoms with E-state index in [0.29, 0.717) is 30.8 Å². The summed E-state index contributed by atoms with van der Waals surface area (Å²) in [6.07, 6.45) is 4.47. The lowest BCUT2D eigenvalue weighted by Crippen LogP contribution is -2.39. The predicted molar refractivity (Wildman–Crippen MR) is 157 cm³/mol. The summed E-state index contributed by atoms with van der Waals surface area (Å²) >= 11 is 0. The average molecular weight is 523 g/mol. The van der Waals surface area contributed by atoms with Crippen LogP contribution in [0.1, 0.15) is 76.5 Å². The van der Waals surface area contributed by atoms with E-state index in [0.717, 1.165) is 53.9 Å². The highest BCUT2D eigenvalue weighted by molar-refractivity contribution is 6.06. The quantitative estimate of drug-likeness (QED) is 0.305. The van der Waals surface area contributed by atoms with Crippen LogP contribution in [0.4, 0.5) is 11.4 Å². The van der Waals surface area contributed by atoms with Crippen LogP contribution < -0.4 is 15.0 Å². The number of amides is 1. The molecule has 5 rings (SSSR count). The summed E-state index contributed by atoms with van der Waals surface area (Å²) in [6.45, 7) is 6.85. The summed E-state index contributed by atoms with van der Waals surface area (Å²) in [4.78, 5) is 29.8. The molecule has 1 amide bonds. The van der Waals surface area contributed by atoms with E-state index >= 15 is 0 Å². The van der Waals surface area contributed by atoms with Crippen molar-refractivity contribution >= 4 is 23.1 Å². The molecule has 202 valence electrons. The summed E-state index contributed by atoms with van der Waals surface area (Å²) < 4.78 is 6.18. The Morgan fingerprint density at radius 1 is 0.974 bits per heavy atom. The highest BCUT2D eigenvalue weighted by Crippen LogP contribution is 2.48. The molecule has 0 bridgehead atoms. The fourth-order valence-corrected chi connectivity index (χ4v) is 5.74. The number of ether oxygens (including phenoxy) is 1. The molecule has 39 heavy (non-hydrogen) atoms. The first-order chi connectivity index (χ1) is 18.9. The second-order valence-electron chi connectivity index (χ2n) is 11.4. The van der Waals surface area contributed by atoms with E-state index in [9.17, 15) is 9.59 Å². The minimum absolute atomic E-state index is 0.0321. The van der Waals surface area contributed by atoms with Gasteiger partial charge in [-0.15, -0.1) is 0 Å². The normalized spacial score (nSPS) is 18.1. The van der Waals surface area contributed by atoms with Gasteiger partial charge < -0.3 is 10.1 Å². The summed E-state index contributed by atoms with van der Waals surface area (Å²) in [7, 11) is 0. The molecule has 0 saturated heterocycles. The summed E-state index contributed by atoms with van der Waals surface area (Å²) in [5.74, 6) is 0.837. The fourth-order valence-electron chi connectivity index (χ4n) is 5.74. The van der Waals surface area contributed by atoms with Crippen LogP contribution >= 0.6 is 0 Å². The number of unbranched alkanes of at least 4 members (excludes halogenated alkanes) is 2. The molecule has 5 heteroatoms. The van der Waals surface area contributed by atoms with E-state index in [1.54, 1.807) is 0 Å². The number of nitrogens with one attached hydrogen (secondary N) is 1. The van der Waals surface area contributed by atoms with Crippen molar-refractivity contribution in [2.75, 3.05) is 10.2 Å². The van der Waals surface area contributed by atoms with E-state index in [1.807, 2.05) is 83.8 Å². The number of carbonyl (C=O) groups excluding carboxylic acids is 2. The molecule has 2 aliphatic rings. The highest BCUT2D eigenvalue weighted by Gasteiger charge is 2.43. The van der Waals surface area contributed by atoms with Gasteiger partial charge >= 0.3 is 0 Å². The Bertz CT molecular complexity index is 1380. The zero-order valence-electron chi connectivity index (χ0n) is 23.2. The molecule has 1 atom stereocenters. The van der Waals surface area contributed by atoms with Crippen molar-refractivity contribution in [2.45, 2.75) is 71.9 Å².